The Morgan fingerprint density at radius 1 is 1.13 bits per heavy atom. The molecule has 0 atom stereocenters. The van der Waals surface area contributed by atoms with E-state index in [0.717, 1.165) is 10.5 Å². The normalized spacial score (nSPS) is 10.9. The van der Waals surface area contributed by atoms with Crippen LogP contribution in [-0.2, 0) is 11.3 Å². The molecule has 2 aromatic carbocycles. The number of fused-ring (bicyclic) bond motifs is 1. The van der Waals surface area contributed by atoms with Crippen LogP contribution in [0, 0.1) is 15.9 Å². The topological polar surface area (TPSA) is 89.2 Å². The molecule has 1 amide bonds. The number of nitro benzene ring substituents is 1. The van der Waals surface area contributed by atoms with Gasteiger partial charge in [0.15, 0.2) is 5.13 Å². The van der Waals surface area contributed by atoms with E-state index in [-0.39, 0.29) is 29.7 Å². The number of nitrogens with zero attached hydrogens (tertiary/aromatic N) is 4. The predicted molar refractivity (Wildman–Crippen MR) is 119 cm³/mol. The van der Waals surface area contributed by atoms with Crippen molar-refractivity contribution in [3.63, 3.8) is 0 Å². The maximum Gasteiger partial charge on any atom is 0.270 e. The Hall–Kier alpha value is -3.37. The van der Waals surface area contributed by atoms with E-state index in [0.29, 0.717) is 15.3 Å². The van der Waals surface area contributed by atoms with Crippen LogP contribution in [-0.4, -0.2) is 26.6 Å². The summed E-state index contributed by atoms with van der Waals surface area (Å²) in [4.78, 5) is 34.6. The van der Waals surface area contributed by atoms with E-state index in [4.69, 9.17) is 0 Å². The molecule has 0 radical (unpaired) electrons. The molecule has 2 heterocycles. The van der Waals surface area contributed by atoms with Gasteiger partial charge in [0.25, 0.3) is 5.69 Å². The van der Waals surface area contributed by atoms with Gasteiger partial charge in [-0.25, -0.2) is 9.37 Å². The lowest BCUT2D eigenvalue weighted by molar-refractivity contribution is -0.384. The average molecular weight is 455 g/mol. The van der Waals surface area contributed by atoms with Crippen molar-refractivity contribution >= 4 is 50.0 Å². The van der Waals surface area contributed by atoms with Crippen LogP contribution in [0.3, 0.4) is 0 Å². The number of non-ortho nitro benzene ring substituents is 1. The standard InChI is InChI=1S/C21H15FN4O3S2/c22-15-1-4-17(5-2-15)30-13-20(27)25(12-14-7-9-23-10-8-14)21-24-18-6-3-16(26(28)29)11-19(18)31-21/h1-11H,12-13H2. The zero-order valence-corrected chi connectivity index (χ0v) is 17.6. The average Bonchev–Trinajstić information content (AvgIpc) is 3.20. The zero-order chi connectivity index (χ0) is 21.8. The first kappa shape index (κ1) is 20.9. The van der Waals surface area contributed by atoms with Crippen molar-refractivity contribution in [3.05, 3.63) is 88.5 Å². The number of aromatic nitrogens is 2. The minimum atomic E-state index is -0.460. The van der Waals surface area contributed by atoms with Gasteiger partial charge in [0.1, 0.15) is 5.82 Å². The molecular weight excluding hydrogens is 439 g/mol. The first-order chi connectivity index (χ1) is 15.0. The van der Waals surface area contributed by atoms with Crippen LogP contribution in [0.15, 0.2) is 71.9 Å². The van der Waals surface area contributed by atoms with E-state index in [9.17, 15) is 19.3 Å². The van der Waals surface area contributed by atoms with Gasteiger partial charge in [-0.2, -0.15) is 0 Å². The van der Waals surface area contributed by atoms with Gasteiger partial charge in [0, 0.05) is 29.4 Å². The predicted octanol–water partition coefficient (Wildman–Crippen LogP) is 5.06. The Morgan fingerprint density at radius 2 is 1.87 bits per heavy atom. The molecule has 0 saturated carbocycles. The fourth-order valence-electron chi connectivity index (χ4n) is 2.82. The molecule has 7 nitrogen and oxygen atoms in total. The molecule has 0 spiro atoms. The van der Waals surface area contributed by atoms with E-state index in [1.54, 1.807) is 35.5 Å². The summed E-state index contributed by atoms with van der Waals surface area (Å²) in [5.74, 6) is -0.384. The van der Waals surface area contributed by atoms with Crippen LogP contribution in [0.5, 0.6) is 0 Å². The van der Waals surface area contributed by atoms with E-state index in [2.05, 4.69) is 9.97 Å². The van der Waals surface area contributed by atoms with Crippen molar-refractivity contribution in [2.75, 3.05) is 10.7 Å². The molecule has 156 valence electrons. The quantitative estimate of drug-likeness (QED) is 0.220. The van der Waals surface area contributed by atoms with Crippen molar-refractivity contribution in [2.24, 2.45) is 0 Å². The minimum Gasteiger partial charge on any atom is -0.283 e. The second-order valence-electron chi connectivity index (χ2n) is 6.48. The summed E-state index contributed by atoms with van der Waals surface area (Å²) < 4.78 is 13.7. The Morgan fingerprint density at radius 3 is 2.58 bits per heavy atom. The van der Waals surface area contributed by atoms with Crippen molar-refractivity contribution in [2.45, 2.75) is 11.4 Å². The number of amides is 1. The summed E-state index contributed by atoms with van der Waals surface area (Å²) in [6.07, 6.45) is 3.29. The second kappa shape index (κ2) is 9.19. The number of nitro groups is 1. The number of benzene rings is 2. The number of carbonyl (C=O) groups is 1. The molecule has 2 aromatic heterocycles. The number of hydrogen-bond acceptors (Lipinski definition) is 7. The van der Waals surface area contributed by atoms with Crippen LogP contribution in [0.1, 0.15) is 5.56 Å². The molecule has 0 aliphatic rings. The fraction of sp³-hybridized carbons (Fsp3) is 0.0952. The van der Waals surface area contributed by atoms with Crippen LogP contribution < -0.4 is 4.90 Å². The van der Waals surface area contributed by atoms with Gasteiger partial charge in [-0.05, 0) is 48.0 Å². The van der Waals surface area contributed by atoms with Crippen molar-refractivity contribution < 1.29 is 14.1 Å². The highest BCUT2D eigenvalue weighted by Gasteiger charge is 2.21. The highest BCUT2D eigenvalue weighted by Crippen LogP contribution is 2.33. The molecule has 0 unspecified atom stereocenters. The molecule has 0 bridgehead atoms. The Labute approximate surface area is 184 Å². The maximum atomic E-state index is 13.1. The molecular formula is C21H15FN4O3S2. The van der Waals surface area contributed by atoms with Crippen LogP contribution in [0.25, 0.3) is 10.2 Å². The van der Waals surface area contributed by atoms with Gasteiger partial charge in [-0.3, -0.25) is 24.8 Å². The summed E-state index contributed by atoms with van der Waals surface area (Å²) in [5, 5.41) is 11.5. The lowest BCUT2D eigenvalue weighted by Crippen LogP contribution is -2.31. The summed E-state index contributed by atoms with van der Waals surface area (Å²) in [6, 6.07) is 14.0. The lowest BCUT2D eigenvalue weighted by Gasteiger charge is -2.20. The minimum absolute atomic E-state index is 0.0263. The van der Waals surface area contributed by atoms with Gasteiger partial charge in [-0.15, -0.1) is 11.8 Å². The molecule has 4 aromatic rings. The molecule has 31 heavy (non-hydrogen) atoms. The summed E-state index contributed by atoms with van der Waals surface area (Å²) in [6.45, 7) is 0.285. The summed E-state index contributed by atoms with van der Waals surface area (Å²) >= 11 is 2.52. The highest BCUT2D eigenvalue weighted by molar-refractivity contribution is 8.00. The molecule has 0 aliphatic carbocycles. The van der Waals surface area contributed by atoms with Crippen molar-refractivity contribution in [1.82, 2.24) is 9.97 Å². The van der Waals surface area contributed by atoms with Crippen molar-refractivity contribution in [3.8, 4) is 0 Å². The smallest absolute Gasteiger partial charge is 0.270 e. The number of anilines is 1. The first-order valence-electron chi connectivity index (χ1n) is 9.12. The molecule has 0 saturated heterocycles. The maximum absolute atomic E-state index is 13.1. The number of thioether (sulfide) groups is 1. The molecule has 0 fully saturated rings. The molecule has 0 aliphatic heterocycles. The van der Waals surface area contributed by atoms with Gasteiger partial charge >= 0.3 is 0 Å². The van der Waals surface area contributed by atoms with Gasteiger partial charge in [-0.1, -0.05) is 11.3 Å². The van der Waals surface area contributed by atoms with E-state index in [1.807, 2.05) is 12.1 Å². The highest BCUT2D eigenvalue weighted by atomic mass is 32.2. The van der Waals surface area contributed by atoms with Gasteiger partial charge in [0.05, 0.1) is 27.4 Å². The number of carbonyl (C=O) groups excluding carboxylic acids is 1. The third-order valence-corrected chi connectivity index (χ3v) is 6.41. The molecule has 0 N–H and O–H groups in total. The number of halogens is 1. The van der Waals surface area contributed by atoms with Gasteiger partial charge < -0.3 is 0 Å². The summed E-state index contributed by atoms with van der Waals surface area (Å²) in [7, 11) is 0. The number of thiazole rings is 1. The zero-order valence-electron chi connectivity index (χ0n) is 16.0. The number of hydrogen-bond donors (Lipinski definition) is 0. The van der Waals surface area contributed by atoms with Crippen LogP contribution >= 0.6 is 23.1 Å². The number of pyridine rings is 1. The monoisotopic (exact) mass is 454 g/mol. The third-order valence-electron chi connectivity index (χ3n) is 4.37. The Bertz CT molecular complexity index is 1230. The van der Waals surface area contributed by atoms with Crippen molar-refractivity contribution in [1.29, 1.82) is 0 Å². The largest absolute Gasteiger partial charge is 0.283 e. The molecule has 4 rings (SSSR count). The van der Waals surface area contributed by atoms with E-state index >= 15 is 0 Å². The second-order valence-corrected chi connectivity index (χ2v) is 8.54. The fourth-order valence-corrected chi connectivity index (χ4v) is 4.61. The van der Waals surface area contributed by atoms with E-state index < -0.39 is 4.92 Å². The number of rotatable bonds is 7. The van der Waals surface area contributed by atoms with Crippen LogP contribution in [0.4, 0.5) is 15.2 Å². The van der Waals surface area contributed by atoms with Gasteiger partial charge in [0.2, 0.25) is 5.91 Å². The lowest BCUT2D eigenvalue weighted by atomic mass is 10.2. The third kappa shape index (κ3) is 5.04. The Kier molecular flexibility index (Phi) is 6.19. The Balaban J connectivity index is 1.61. The SMILES string of the molecule is O=C(CSc1ccc(F)cc1)N(Cc1ccncc1)c1nc2ccc([N+](=O)[O-])cc2s1. The molecule has 10 heteroatoms. The van der Waals surface area contributed by atoms with E-state index in [1.165, 1.54) is 47.4 Å². The summed E-state index contributed by atoms with van der Waals surface area (Å²) in [5.41, 5.74) is 1.44. The van der Waals surface area contributed by atoms with Crippen LogP contribution in [0.2, 0.25) is 0 Å². The first-order valence-corrected chi connectivity index (χ1v) is 10.9.